The highest BCUT2D eigenvalue weighted by Crippen LogP contribution is 2.28. The van der Waals surface area contributed by atoms with Gasteiger partial charge < -0.3 is 9.80 Å². The van der Waals surface area contributed by atoms with Crippen molar-refractivity contribution in [2.24, 2.45) is 5.92 Å². The van der Waals surface area contributed by atoms with E-state index in [0.717, 1.165) is 43.0 Å². The van der Waals surface area contributed by atoms with Gasteiger partial charge in [-0.1, -0.05) is 11.3 Å². The zero-order chi connectivity index (χ0) is 21.5. The summed E-state index contributed by atoms with van der Waals surface area (Å²) in [5.74, 6) is 0.0541. The van der Waals surface area contributed by atoms with E-state index in [9.17, 15) is 18.0 Å². The molecule has 4 rings (SSSR count). The van der Waals surface area contributed by atoms with Crippen LogP contribution in [0.3, 0.4) is 0 Å². The Kier molecular flexibility index (Phi) is 6.02. The van der Waals surface area contributed by atoms with Gasteiger partial charge in [-0.25, -0.2) is 8.42 Å². The van der Waals surface area contributed by atoms with Gasteiger partial charge in [0.1, 0.15) is 0 Å². The first kappa shape index (κ1) is 21.5. The third-order valence-electron chi connectivity index (χ3n) is 6.21. The lowest BCUT2D eigenvalue weighted by molar-refractivity contribution is -0.138. The number of piperazine rings is 1. The molecule has 30 heavy (non-hydrogen) atoms. The van der Waals surface area contributed by atoms with Crippen molar-refractivity contribution in [2.75, 3.05) is 46.3 Å². The number of carbonyl (C=O) groups is 1. The summed E-state index contributed by atoms with van der Waals surface area (Å²) in [6.07, 6.45) is 1.10. The molecule has 10 heteroatoms. The molecule has 0 aliphatic carbocycles. The third kappa shape index (κ3) is 3.93. The highest BCUT2D eigenvalue weighted by Gasteiger charge is 2.34. The van der Waals surface area contributed by atoms with Crippen molar-refractivity contribution in [2.45, 2.75) is 31.2 Å². The molecule has 1 aromatic carbocycles. The van der Waals surface area contributed by atoms with Crippen molar-refractivity contribution in [3.05, 3.63) is 27.9 Å². The fourth-order valence-corrected chi connectivity index (χ4v) is 6.85. The van der Waals surface area contributed by atoms with Crippen LogP contribution in [0.4, 0.5) is 0 Å². The molecule has 0 N–H and O–H groups in total. The highest BCUT2D eigenvalue weighted by molar-refractivity contribution is 7.89. The fourth-order valence-electron chi connectivity index (χ4n) is 4.28. The second-order valence-electron chi connectivity index (χ2n) is 8.05. The van der Waals surface area contributed by atoms with Crippen molar-refractivity contribution >= 4 is 37.5 Å². The minimum Gasteiger partial charge on any atom is -0.340 e. The second kappa shape index (κ2) is 8.41. The SMILES string of the molecule is CCn1c(=O)sc2cc(S(=O)(=O)N3CCC(C(=O)N4CCN(C)CC4)CC3)ccc21. The lowest BCUT2D eigenvalue weighted by Crippen LogP contribution is -2.50. The molecule has 1 aromatic heterocycles. The van der Waals surface area contributed by atoms with Gasteiger partial charge in [0.15, 0.2) is 0 Å². The van der Waals surface area contributed by atoms with Crippen LogP contribution in [-0.2, 0) is 21.4 Å². The monoisotopic (exact) mass is 452 g/mol. The molecular formula is C20H28N4O4S2. The molecule has 2 aliphatic rings. The maximum atomic E-state index is 13.2. The molecule has 1 amide bonds. The maximum absolute atomic E-state index is 13.2. The largest absolute Gasteiger partial charge is 0.340 e. The van der Waals surface area contributed by atoms with Gasteiger partial charge in [0.25, 0.3) is 0 Å². The van der Waals surface area contributed by atoms with Gasteiger partial charge in [0, 0.05) is 51.7 Å². The topological polar surface area (TPSA) is 82.9 Å². The van der Waals surface area contributed by atoms with Crippen LogP contribution in [0.2, 0.25) is 0 Å². The molecule has 0 radical (unpaired) electrons. The van der Waals surface area contributed by atoms with Crippen molar-refractivity contribution in [3.63, 3.8) is 0 Å². The number of aromatic nitrogens is 1. The van der Waals surface area contributed by atoms with Crippen molar-refractivity contribution in [1.82, 2.24) is 18.7 Å². The summed E-state index contributed by atoms with van der Waals surface area (Å²) >= 11 is 1.07. The Hall–Kier alpha value is -1.75. The molecule has 164 valence electrons. The standard InChI is InChI=1S/C20H28N4O4S2/c1-3-24-17-5-4-16(14-18(17)29-20(24)26)30(27,28)23-8-6-15(7-9-23)19(25)22-12-10-21(2)11-13-22/h4-5,14-15H,3,6-13H2,1-2H3. The number of thiazole rings is 1. The molecule has 3 heterocycles. The van der Waals surface area contributed by atoms with Crippen molar-refractivity contribution in [3.8, 4) is 0 Å². The van der Waals surface area contributed by atoms with E-state index in [1.807, 2.05) is 11.8 Å². The van der Waals surface area contributed by atoms with Crippen LogP contribution in [0, 0.1) is 5.92 Å². The number of sulfonamides is 1. The van der Waals surface area contributed by atoms with Crippen LogP contribution < -0.4 is 4.87 Å². The van der Waals surface area contributed by atoms with Gasteiger partial charge in [-0.05, 0) is 45.0 Å². The number of amides is 1. The molecule has 2 aliphatic heterocycles. The third-order valence-corrected chi connectivity index (χ3v) is 9.05. The molecular weight excluding hydrogens is 424 g/mol. The first-order valence-electron chi connectivity index (χ1n) is 10.4. The summed E-state index contributed by atoms with van der Waals surface area (Å²) in [6.45, 7) is 6.39. The highest BCUT2D eigenvalue weighted by atomic mass is 32.2. The number of aryl methyl sites for hydroxylation is 1. The number of rotatable bonds is 4. The molecule has 8 nitrogen and oxygen atoms in total. The molecule has 0 atom stereocenters. The van der Waals surface area contributed by atoms with E-state index in [2.05, 4.69) is 11.9 Å². The van der Waals surface area contributed by atoms with E-state index < -0.39 is 10.0 Å². The second-order valence-corrected chi connectivity index (χ2v) is 11.0. The number of carbonyl (C=O) groups excluding carboxylic acids is 1. The number of fused-ring (bicyclic) bond motifs is 1. The average molecular weight is 453 g/mol. The molecule has 0 spiro atoms. The Morgan fingerprint density at radius 3 is 2.40 bits per heavy atom. The van der Waals surface area contributed by atoms with Crippen LogP contribution in [0.25, 0.3) is 10.2 Å². The summed E-state index contributed by atoms with van der Waals surface area (Å²) < 4.78 is 30.1. The van der Waals surface area contributed by atoms with Crippen LogP contribution in [0.5, 0.6) is 0 Å². The molecule has 0 saturated carbocycles. The minimum atomic E-state index is -3.65. The number of benzene rings is 1. The van der Waals surface area contributed by atoms with E-state index in [-0.39, 0.29) is 21.6 Å². The minimum absolute atomic E-state index is 0.0784. The van der Waals surface area contributed by atoms with E-state index in [4.69, 9.17) is 0 Å². The predicted molar refractivity (Wildman–Crippen MR) is 117 cm³/mol. The average Bonchev–Trinajstić information content (AvgIpc) is 3.08. The zero-order valence-electron chi connectivity index (χ0n) is 17.4. The Bertz CT molecular complexity index is 1090. The predicted octanol–water partition coefficient (Wildman–Crippen LogP) is 1.26. The van der Waals surface area contributed by atoms with E-state index in [1.165, 1.54) is 4.31 Å². The maximum Gasteiger partial charge on any atom is 0.308 e. The number of piperidine rings is 1. The fraction of sp³-hybridized carbons (Fsp3) is 0.600. The quantitative estimate of drug-likeness (QED) is 0.698. The number of likely N-dealkylation sites (N-methyl/N-ethyl adjacent to an activating group) is 1. The normalized spacial score (nSPS) is 20.1. The Balaban J connectivity index is 1.45. The van der Waals surface area contributed by atoms with Gasteiger partial charge in [0.2, 0.25) is 15.9 Å². The summed E-state index contributed by atoms with van der Waals surface area (Å²) in [5, 5.41) is 0. The summed E-state index contributed by atoms with van der Waals surface area (Å²) in [5.41, 5.74) is 0.767. The van der Waals surface area contributed by atoms with E-state index >= 15 is 0 Å². The lowest BCUT2D eigenvalue weighted by atomic mass is 9.96. The van der Waals surface area contributed by atoms with Crippen LogP contribution in [0.1, 0.15) is 19.8 Å². The number of nitrogens with zero attached hydrogens (tertiary/aromatic N) is 4. The molecule has 0 unspecified atom stereocenters. The summed E-state index contributed by atoms with van der Waals surface area (Å²) in [6, 6.07) is 4.90. The molecule has 2 fully saturated rings. The Morgan fingerprint density at radius 1 is 1.10 bits per heavy atom. The van der Waals surface area contributed by atoms with Gasteiger partial charge in [0.05, 0.1) is 15.1 Å². The smallest absolute Gasteiger partial charge is 0.308 e. The molecule has 2 saturated heterocycles. The van der Waals surface area contributed by atoms with Crippen molar-refractivity contribution in [1.29, 1.82) is 0 Å². The van der Waals surface area contributed by atoms with E-state index in [0.29, 0.717) is 37.2 Å². The summed E-state index contributed by atoms with van der Waals surface area (Å²) in [7, 11) is -1.59. The van der Waals surface area contributed by atoms with Gasteiger partial charge in [-0.2, -0.15) is 4.31 Å². The lowest BCUT2D eigenvalue weighted by Gasteiger charge is -2.37. The Morgan fingerprint density at radius 2 is 1.77 bits per heavy atom. The molecule has 2 aromatic rings. The number of hydrogen-bond acceptors (Lipinski definition) is 6. The van der Waals surface area contributed by atoms with Crippen LogP contribution in [0.15, 0.2) is 27.9 Å². The first-order valence-corrected chi connectivity index (χ1v) is 12.7. The van der Waals surface area contributed by atoms with Crippen LogP contribution >= 0.6 is 11.3 Å². The molecule has 0 bridgehead atoms. The zero-order valence-corrected chi connectivity index (χ0v) is 19.0. The summed E-state index contributed by atoms with van der Waals surface area (Å²) in [4.78, 5) is 29.1. The van der Waals surface area contributed by atoms with E-state index in [1.54, 1.807) is 22.8 Å². The van der Waals surface area contributed by atoms with Crippen molar-refractivity contribution < 1.29 is 13.2 Å². The van der Waals surface area contributed by atoms with Crippen LogP contribution in [-0.4, -0.2) is 79.3 Å². The van der Waals surface area contributed by atoms with Gasteiger partial charge in [-0.15, -0.1) is 0 Å². The Labute approximate surface area is 180 Å². The number of hydrogen-bond donors (Lipinski definition) is 0. The first-order chi connectivity index (χ1) is 14.3. The van der Waals surface area contributed by atoms with Gasteiger partial charge in [-0.3, -0.25) is 14.2 Å². The van der Waals surface area contributed by atoms with Gasteiger partial charge >= 0.3 is 4.87 Å².